The Morgan fingerprint density at radius 1 is 1.67 bits per heavy atom. The number of allylic oxidation sites excluding steroid dienone is 5. The normalized spacial score (nSPS) is 28.4. The molecule has 62 valence electrons. The van der Waals surface area contributed by atoms with Crippen molar-refractivity contribution in [1.82, 2.24) is 0 Å². The lowest BCUT2D eigenvalue weighted by Crippen LogP contribution is -2.09. The fourth-order valence-electron chi connectivity index (χ4n) is 1.24. The lowest BCUT2D eigenvalue weighted by Gasteiger charge is -2.18. The summed E-state index contributed by atoms with van der Waals surface area (Å²) in [5.41, 5.74) is 0.139. The van der Waals surface area contributed by atoms with Crippen molar-refractivity contribution >= 4 is 0 Å². The Balaban J connectivity index is 2.96. The quantitative estimate of drug-likeness (QED) is 0.545. The highest BCUT2D eigenvalue weighted by Crippen LogP contribution is 2.28. The van der Waals surface area contributed by atoms with E-state index in [4.69, 9.17) is 5.26 Å². The van der Waals surface area contributed by atoms with Gasteiger partial charge in [0.15, 0.2) is 0 Å². The molecule has 1 nitrogen and oxygen atoms in total. The average Bonchev–Trinajstić information content (AvgIpc) is 2.08. The molecule has 0 saturated carbocycles. The predicted molar refractivity (Wildman–Crippen MR) is 45.7 cm³/mol. The largest absolute Gasteiger partial charge is 0.206 e. The Morgan fingerprint density at radius 2 is 2.33 bits per heavy atom. The molecular formula is C10H10FN. The van der Waals surface area contributed by atoms with Crippen molar-refractivity contribution < 1.29 is 4.39 Å². The van der Waals surface area contributed by atoms with Crippen LogP contribution in [0.15, 0.2) is 36.2 Å². The van der Waals surface area contributed by atoms with Crippen molar-refractivity contribution in [2.45, 2.75) is 6.92 Å². The van der Waals surface area contributed by atoms with Gasteiger partial charge in [0.2, 0.25) is 0 Å². The number of hydrogen-bond acceptors (Lipinski definition) is 1. The van der Waals surface area contributed by atoms with Gasteiger partial charge in [0.05, 0.1) is 5.57 Å². The standard InChI is InChI=1S/C10H10FN/c1-3-8-5-10(11)9(6-12)4-7(8)2/h3-5,7-8H,1H2,2H3/t7-,8?/m1/s1. The van der Waals surface area contributed by atoms with Gasteiger partial charge in [-0.25, -0.2) is 4.39 Å². The molecule has 2 atom stereocenters. The van der Waals surface area contributed by atoms with Crippen molar-refractivity contribution in [3.63, 3.8) is 0 Å². The van der Waals surface area contributed by atoms with E-state index in [9.17, 15) is 4.39 Å². The number of halogens is 1. The van der Waals surface area contributed by atoms with E-state index >= 15 is 0 Å². The molecule has 1 aliphatic carbocycles. The summed E-state index contributed by atoms with van der Waals surface area (Å²) in [6.45, 7) is 5.53. The van der Waals surface area contributed by atoms with Gasteiger partial charge >= 0.3 is 0 Å². The lowest BCUT2D eigenvalue weighted by molar-refractivity contribution is 0.553. The SMILES string of the molecule is C=CC1C=C(F)C(C#N)=C[C@H]1C. The van der Waals surface area contributed by atoms with Crippen molar-refractivity contribution in [3.8, 4) is 6.07 Å². The molecule has 0 spiro atoms. The molecule has 0 N–H and O–H groups in total. The maximum Gasteiger partial charge on any atom is 0.137 e. The summed E-state index contributed by atoms with van der Waals surface area (Å²) in [6.07, 6.45) is 4.77. The number of rotatable bonds is 1. The molecule has 0 amide bonds. The van der Waals surface area contributed by atoms with Gasteiger partial charge in [0, 0.05) is 5.92 Å². The molecular weight excluding hydrogens is 153 g/mol. The molecule has 2 heteroatoms. The Bertz CT molecular complexity index is 293. The van der Waals surface area contributed by atoms with E-state index in [2.05, 4.69) is 6.58 Å². The first-order chi connectivity index (χ1) is 5.69. The molecule has 0 aliphatic heterocycles. The predicted octanol–water partition coefficient (Wildman–Crippen LogP) is 2.74. The topological polar surface area (TPSA) is 23.8 Å². The van der Waals surface area contributed by atoms with Crippen LogP contribution in [0.5, 0.6) is 0 Å². The first-order valence-electron chi connectivity index (χ1n) is 3.81. The molecule has 0 aromatic heterocycles. The zero-order valence-electron chi connectivity index (χ0n) is 6.92. The maximum absolute atomic E-state index is 13.0. The van der Waals surface area contributed by atoms with Gasteiger partial charge in [-0.05, 0) is 12.0 Å². The zero-order chi connectivity index (χ0) is 9.14. The Labute approximate surface area is 71.5 Å². The molecule has 1 aliphatic rings. The maximum atomic E-state index is 13.0. The molecule has 1 unspecified atom stereocenters. The molecule has 12 heavy (non-hydrogen) atoms. The minimum atomic E-state index is -0.430. The summed E-state index contributed by atoms with van der Waals surface area (Å²) in [5.74, 6) is -0.251. The first kappa shape index (κ1) is 8.73. The number of nitriles is 1. The highest BCUT2D eigenvalue weighted by molar-refractivity contribution is 5.42. The van der Waals surface area contributed by atoms with Gasteiger partial charge in [0.25, 0.3) is 0 Å². The van der Waals surface area contributed by atoms with Gasteiger partial charge in [0.1, 0.15) is 11.9 Å². The molecule has 0 bridgehead atoms. The van der Waals surface area contributed by atoms with Crippen LogP contribution in [-0.2, 0) is 0 Å². The van der Waals surface area contributed by atoms with Crippen molar-refractivity contribution in [1.29, 1.82) is 5.26 Å². The van der Waals surface area contributed by atoms with Crippen LogP contribution >= 0.6 is 0 Å². The summed E-state index contributed by atoms with van der Waals surface area (Å²) >= 11 is 0. The Kier molecular flexibility index (Phi) is 2.44. The molecule has 0 saturated heterocycles. The van der Waals surface area contributed by atoms with Gasteiger partial charge in [-0.1, -0.05) is 19.1 Å². The zero-order valence-corrected chi connectivity index (χ0v) is 6.92. The second-order valence-electron chi connectivity index (χ2n) is 2.88. The third kappa shape index (κ3) is 1.45. The van der Waals surface area contributed by atoms with E-state index in [1.54, 1.807) is 12.2 Å². The smallest absolute Gasteiger partial charge is 0.137 e. The fourth-order valence-corrected chi connectivity index (χ4v) is 1.24. The van der Waals surface area contributed by atoms with Crippen LogP contribution in [0.25, 0.3) is 0 Å². The van der Waals surface area contributed by atoms with Gasteiger partial charge in [-0.15, -0.1) is 6.58 Å². The highest BCUT2D eigenvalue weighted by atomic mass is 19.1. The van der Waals surface area contributed by atoms with Crippen LogP contribution in [0.1, 0.15) is 6.92 Å². The third-order valence-electron chi connectivity index (χ3n) is 2.03. The third-order valence-corrected chi connectivity index (χ3v) is 2.03. The highest BCUT2D eigenvalue weighted by Gasteiger charge is 2.19. The van der Waals surface area contributed by atoms with Gasteiger partial charge in [-0.2, -0.15) is 5.26 Å². The van der Waals surface area contributed by atoms with Crippen LogP contribution in [0.3, 0.4) is 0 Å². The summed E-state index contributed by atoms with van der Waals surface area (Å²) in [5, 5.41) is 8.51. The van der Waals surface area contributed by atoms with Crippen molar-refractivity contribution in [2.24, 2.45) is 11.8 Å². The molecule has 0 radical (unpaired) electrons. The minimum absolute atomic E-state index is 0.0158. The van der Waals surface area contributed by atoms with Gasteiger partial charge < -0.3 is 0 Å². The van der Waals surface area contributed by atoms with Crippen LogP contribution < -0.4 is 0 Å². The van der Waals surface area contributed by atoms with E-state index in [0.717, 1.165) is 0 Å². The summed E-state index contributed by atoms with van der Waals surface area (Å²) in [6, 6.07) is 1.81. The van der Waals surface area contributed by atoms with E-state index in [1.807, 2.05) is 13.0 Å². The summed E-state index contributed by atoms with van der Waals surface area (Å²) in [4.78, 5) is 0. The fraction of sp³-hybridized carbons (Fsp3) is 0.300. The molecule has 0 heterocycles. The molecule has 1 rings (SSSR count). The van der Waals surface area contributed by atoms with Crippen molar-refractivity contribution in [3.05, 3.63) is 36.2 Å². The van der Waals surface area contributed by atoms with Crippen LogP contribution in [-0.4, -0.2) is 0 Å². The monoisotopic (exact) mass is 163 g/mol. The van der Waals surface area contributed by atoms with Crippen LogP contribution in [0.2, 0.25) is 0 Å². The second kappa shape index (κ2) is 3.36. The van der Waals surface area contributed by atoms with E-state index in [0.29, 0.717) is 0 Å². The Hall–Kier alpha value is -1.36. The number of nitrogens with zero attached hydrogens (tertiary/aromatic N) is 1. The van der Waals surface area contributed by atoms with E-state index in [-0.39, 0.29) is 17.4 Å². The Morgan fingerprint density at radius 3 is 2.83 bits per heavy atom. The average molecular weight is 163 g/mol. The minimum Gasteiger partial charge on any atom is -0.206 e. The van der Waals surface area contributed by atoms with Crippen LogP contribution in [0, 0.1) is 23.2 Å². The van der Waals surface area contributed by atoms with E-state index < -0.39 is 5.83 Å². The van der Waals surface area contributed by atoms with Crippen molar-refractivity contribution in [2.75, 3.05) is 0 Å². The lowest BCUT2D eigenvalue weighted by atomic mass is 9.87. The first-order valence-corrected chi connectivity index (χ1v) is 3.81. The van der Waals surface area contributed by atoms with Crippen LogP contribution in [0.4, 0.5) is 4.39 Å². The second-order valence-corrected chi connectivity index (χ2v) is 2.88. The summed E-state index contributed by atoms with van der Waals surface area (Å²) in [7, 11) is 0. The molecule has 0 aromatic carbocycles. The molecule has 0 aromatic rings. The van der Waals surface area contributed by atoms with E-state index in [1.165, 1.54) is 6.08 Å². The summed E-state index contributed by atoms with van der Waals surface area (Å²) < 4.78 is 13.0. The number of hydrogen-bond donors (Lipinski definition) is 0. The van der Waals surface area contributed by atoms with Gasteiger partial charge in [-0.3, -0.25) is 0 Å². The molecule has 0 fully saturated rings.